The third-order valence-corrected chi connectivity index (χ3v) is 1.33. The van der Waals surface area contributed by atoms with Gasteiger partial charge in [-0.15, -0.1) is 0 Å². The molecular formula is C9H10N2O2. The summed E-state index contributed by atoms with van der Waals surface area (Å²) in [4.78, 5) is 10.4. The van der Waals surface area contributed by atoms with Crippen molar-refractivity contribution in [1.82, 2.24) is 5.43 Å². The minimum atomic E-state index is -0.213. The van der Waals surface area contributed by atoms with Crippen molar-refractivity contribution in [1.29, 1.82) is 0 Å². The third kappa shape index (κ3) is 3.37. The molecule has 0 aliphatic rings. The maximum absolute atomic E-state index is 10.4. The van der Waals surface area contributed by atoms with Gasteiger partial charge in [0.1, 0.15) is 5.75 Å². The summed E-state index contributed by atoms with van der Waals surface area (Å²) in [5.74, 6) is -0.00768. The Morgan fingerprint density at radius 1 is 1.46 bits per heavy atom. The number of phenols is 1. The van der Waals surface area contributed by atoms with Gasteiger partial charge < -0.3 is 5.11 Å². The number of hydrogen-bond donors (Lipinski definition) is 2. The number of carbonyl (C=O) groups is 1. The van der Waals surface area contributed by atoms with Gasteiger partial charge in [-0.05, 0) is 29.8 Å². The number of aromatic hydroxyl groups is 1. The standard InChI is InChI=1S/C9H10N2O2/c1-7(12)11-10-6-8-2-4-9(13)5-3-8/h2-6,13H,1H3,(H,11,12)/b10-6-. The number of carbonyl (C=O) groups excluding carboxylic acids is 1. The van der Waals surface area contributed by atoms with E-state index in [2.05, 4.69) is 10.5 Å². The number of hydrazone groups is 1. The van der Waals surface area contributed by atoms with Gasteiger partial charge in [0.25, 0.3) is 0 Å². The van der Waals surface area contributed by atoms with Crippen LogP contribution in [0.2, 0.25) is 0 Å². The summed E-state index contributed by atoms with van der Waals surface area (Å²) in [6.07, 6.45) is 1.50. The molecule has 4 heteroatoms. The second-order valence-electron chi connectivity index (χ2n) is 2.52. The Morgan fingerprint density at radius 2 is 2.08 bits per heavy atom. The molecule has 0 atom stereocenters. The Hall–Kier alpha value is -1.84. The van der Waals surface area contributed by atoms with Crippen LogP contribution in [0.5, 0.6) is 5.75 Å². The normalized spacial score (nSPS) is 10.2. The van der Waals surface area contributed by atoms with Crippen LogP contribution in [0, 0.1) is 0 Å². The summed E-state index contributed by atoms with van der Waals surface area (Å²) in [6, 6.07) is 6.49. The molecule has 0 radical (unpaired) electrons. The molecule has 2 N–H and O–H groups in total. The lowest BCUT2D eigenvalue weighted by atomic mass is 10.2. The Balaban J connectivity index is 2.59. The zero-order chi connectivity index (χ0) is 9.68. The van der Waals surface area contributed by atoms with Crippen molar-refractivity contribution >= 4 is 12.1 Å². The summed E-state index contributed by atoms with van der Waals surface area (Å²) < 4.78 is 0. The second-order valence-corrected chi connectivity index (χ2v) is 2.52. The molecule has 13 heavy (non-hydrogen) atoms. The number of rotatable bonds is 2. The molecule has 0 heterocycles. The molecule has 1 aromatic carbocycles. The summed E-state index contributed by atoms with van der Waals surface area (Å²) in [5.41, 5.74) is 3.09. The molecule has 0 aromatic heterocycles. The van der Waals surface area contributed by atoms with Crippen molar-refractivity contribution in [3.63, 3.8) is 0 Å². The van der Waals surface area contributed by atoms with Gasteiger partial charge in [0.05, 0.1) is 6.21 Å². The molecule has 0 aliphatic heterocycles. The second kappa shape index (κ2) is 4.25. The fourth-order valence-corrected chi connectivity index (χ4v) is 0.758. The number of nitrogens with zero attached hydrogens (tertiary/aromatic N) is 1. The number of nitrogens with one attached hydrogen (secondary N) is 1. The molecule has 68 valence electrons. The van der Waals surface area contributed by atoms with E-state index in [0.717, 1.165) is 5.56 Å². The van der Waals surface area contributed by atoms with Gasteiger partial charge in [0.2, 0.25) is 5.91 Å². The van der Waals surface area contributed by atoms with Crippen LogP contribution in [-0.2, 0) is 4.79 Å². The van der Waals surface area contributed by atoms with Gasteiger partial charge in [-0.1, -0.05) is 0 Å². The third-order valence-electron chi connectivity index (χ3n) is 1.33. The van der Waals surface area contributed by atoms with Gasteiger partial charge >= 0.3 is 0 Å². The lowest BCUT2D eigenvalue weighted by molar-refractivity contribution is -0.118. The molecule has 0 unspecified atom stereocenters. The topological polar surface area (TPSA) is 61.7 Å². The molecule has 0 saturated heterocycles. The molecule has 0 saturated carbocycles. The fourth-order valence-electron chi connectivity index (χ4n) is 0.758. The van der Waals surface area contributed by atoms with Crippen LogP contribution in [0.25, 0.3) is 0 Å². The van der Waals surface area contributed by atoms with Crippen LogP contribution >= 0.6 is 0 Å². The predicted octanol–water partition coefficient (Wildman–Crippen LogP) is 0.862. The van der Waals surface area contributed by atoms with Crippen LogP contribution in [0.3, 0.4) is 0 Å². The first kappa shape index (κ1) is 9.25. The van der Waals surface area contributed by atoms with E-state index in [4.69, 9.17) is 5.11 Å². The van der Waals surface area contributed by atoms with Crippen molar-refractivity contribution in [2.75, 3.05) is 0 Å². The first-order valence-electron chi connectivity index (χ1n) is 3.77. The predicted molar refractivity (Wildman–Crippen MR) is 49.5 cm³/mol. The smallest absolute Gasteiger partial charge is 0.236 e. The van der Waals surface area contributed by atoms with Crippen LogP contribution < -0.4 is 5.43 Å². The summed E-state index contributed by atoms with van der Waals surface area (Å²) >= 11 is 0. The molecule has 1 rings (SSSR count). The highest BCUT2D eigenvalue weighted by Gasteiger charge is 1.88. The van der Waals surface area contributed by atoms with Gasteiger partial charge in [0.15, 0.2) is 0 Å². The van der Waals surface area contributed by atoms with Crippen LogP contribution in [0.1, 0.15) is 12.5 Å². The van der Waals surface area contributed by atoms with E-state index in [9.17, 15) is 4.79 Å². The quantitative estimate of drug-likeness (QED) is 0.521. The van der Waals surface area contributed by atoms with Gasteiger partial charge in [-0.25, -0.2) is 5.43 Å². The SMILES string of the molecule is CC(=O)N/N=C\c1ccc(O)cc1. The highest BCUT2D eigenvalue weighted by atomic mass is 16.3. The first-order valence-corrected chi connectivity index (χ1v) is 3.77. The number of benzene rings is 1. The van der Waals surface area contributed by atoms with Crippen molar-refractivity contribution < 1.29 is 9.90 Å². The molecule has 1 aromatic rings. The lowest BCUT2D eigenvalue weighted by Gasteiger charge is -1.93. The van der Waals surface area contributed by atoms with E-state index in [0.29, 0.717) is 0 Å². The Bertz CT molecular complexity index is 317. The van der Waals surface area contributed by atoms with E-state index in [1.807, 2.05) is 0 Å². The first-order chi connectivity index (χ1) is 6.18. The van der Waals surface area contributed by atoms with E-state index < -0.39 is 0 Å². The number of phenolic OH excluding ortho intramolecular Hbond substituents is 1. The van der Waals surface area contributed by atoms with Crippen LogP contribution in [-0.4, -0.2) is 17.2 Å². The summed E-state index contributed by atoms with van der Waals surface area (Å²) in [7, 11) is 0. The molecule has 0 spiro atoms. The molecule has 0 fully saturated rings. The highest BCUT2D eigenvalue weighted by molar-refractivity contribution is 5.81. The van der Waals surface area contributed by atoms with E-state index >= 15 is 0 Å². The lowest BCUT2D eigenvalue weighted by Crippen LogP contribution is -2.12. The number of hydrogen-bond acceptors (Lipinski definition) is 3. The maximum Gasteiger partial charge on any atom is 0.236 e. The molecule has 0 aliphatic carbocycles. The van der Waals surface area contributed by atoms with Gasteiger partial charge in [-0.2, -0.15) is 5.10 Å². The summed E-state index contributed by atoms with van der Waals surface area (Å²) in [5, 5.41) is 12.6. The Labute approximate surface area is 75.9 Å². The average molecular weight is 178 g/mol. The van der Waals surface area contributed by atoms with E-state index in [1.54, 1.807) is 24.3 Å². The van der Waals surface area contributed by atoms with Crippen molar-refractivity contribution in [2.45, 2.75) is 6.92 Å². The Morgan fingerprint density at radius 3 is 2.62 bits per heavy atom. The van der Waals surface area contributed by atoms with Crippen molar-refractivity contribution in [2.24, 2.45) is 5.10 Å². The largest absolute Gasteiger partial charge is 0.508 e. The monoisotopic (exact) mass is 178 g/mol. The van der Waals surface area contributed by atoms with Crippen LogP contribution in [0.15, 0.2) is 29.4 Å². The maximum atomic E-state index is 10.4. The molecule has 0 bridgehead atoms. The minimum Gasteiger partial charge on any atom is -0.508 e. The van der Waals surface area contributed by atoms with E-state index in [1.165, 1.54) is 13.1 Å². The molecule has 4 nitrogen and oxygen atoms in total. The van der Waals surface area contributed by atoms with Crippen molar-refractivity contribution in [3.8, 4) is 5.75 Å². The zero-order valence-electron chi connectivity index (χ0n) is 7.19. The average Bonchev–Trinajstić information content (AvgIpc) is 2.08. The zero-order valence-corrected chi connectivity index (χ0v) is 7.19. The number of amides is 1. The Kier molecular flexibility index (Phi) is 3.03. The van der Waals surface area contributed by atoms with Gasteiger partial charge in [0, 0.05) is 6.92 Å². The van der Waals surface area contributed by atoms with Crippen molar-refractivity contribution in [3.05, 3.63) is 29.8 Å². The molecular weight excluding hydrogens is 168 g/mol. The van der Waals surface area contributed by atoms with Gasteiger partial charge in [-0.3, -0.25) is 4.79 Å². The van der Waals surface area contributed by atoms with E-state index in [-0.39, 0.29) is 11.7 Å². The van der Waals surface area contributed by atoms with Crippen LogP contribution in [0.4, 0.5) is 0 Å². The summed E-state index contributed by atoms with van der Waals surface area (Å²) in [6.45, 7) is 1.38. The molecule has 1 amide bonds. The minimum absolute atomic E-state index is 0.205. The highest BCUT2D eigenvalue weighted by Crippen LogP contribution is 2.07. The fraction of sp³-hybridized carbons (Fsp3) is 0.111.